The maximum atomic E-state index is 12.6. The van der Waals surface area contributed by atoms with Crippen molar-refractivity contribution >= 4 is 15.7 Å². The van der Waals surface area contributed by atoms with Crippen LogP contribution >= 0.6 is 0 Å². The normalized spacial score (nSPS) is 31.8. The summed E-state index contributed by atoms with van der Waals surface area (Å²) in [6, 6.07) is 15.2. The lowest BCUT2D eigenvalue weighted by Gasteiger charge is -2.57. The standard InChI is InChI=1S/C23H27NO2S/c1-16-2-8-22(9-3-16)27(25,26)24-21-6-4-20(5-7-21)23-13-17-10-18(14-23)12-19(11-17)15-23/h2-9,17-19,24H,10-15H2,1H3. The second-order valence-corrected chi connectivity index (χ2v) is 10.9. The predicted molar refractivity (Wildman–Crippen MR) is 108 cm³/mol. The van der Waals surface area contributed by atoms with Crippen LogP contribution in [0.3, 0.4) is 0 Å². The third kappa shape index (κ3) is 3.08. The molecule has 2 aromatic rings. The van der Waals surface area contributed by atoms with Crippen molar-refractivity contribution in [1.82, 2.24) is 0 Å². The highest BCUT2D eigenvalue weighted by molar-refractivity contribution is 7.92. The fraction of sp³-hybridized carbons (Fsp3) is 0.478. The van der Waals surface area contributed by atoms with Crippen molar-refractivity contribution in [2.75, 3.05) is 4.72 Å². The molecule has 0 heterocycles. The maximum Gasteiger partial charge on any atom is 0.261 e. The molecule has 0 saturated heterocycles. The lowest BCUT2D eigenvalue weighted by atomic mass is 9.48. The highest BCUT2D eigenvalue weighted by Gasteiger charge is 2.51. The fourth-order valence-electron chi connectivity index (χ4n) is 6.29. The summed E-state index contributed by atoms with van der Waals surface area (Å²) in [4.78, 5) is 0.304. The van der Waals surface area contributed by atoms with Crippen molar-refractivity contribution in [3.05, 3.63) is 59.7 Å². The van der Waals surface area contributed by atoms with Crippen molar-refractivity contribution in [3.8, 4) is 0 Å². The van der Waals surface area contributed by atoms with Crippen LogP contribution in [0.2, 0.25) is 0 Å². The SMILES string of the molecule is Cc1ccc(S(=O)(=O)Nc2ccc(C34CC5CC(CC(C5)C3)C4)cc2)cc1. The smallest absolute Gasteiger partial charge is 0.261 e. The first-order valence-electron chi connectivity index (χ1n) is 10.1. The second kappa shape index (κ2) is 6.10. The summed E-state index contributed by atoms with van der Waals surface area (Å²) in [5.74, 6) is 2.74. The molecule has 0 atom stereocenters. The van der Waals surface area contributed by atoms with Crippen molar-refractivity contribution in [1.29, 1.82) is 0 Å². The summed E-state index contributed by atoms with van der Waals surface area (Å²) in [6.45, 7) is 1.95. The van der Waals surface area contributed by atoms with Gasteiger partial charge in [-0.25, -0.2) is 8.42 Å². The first kappa shape index (κ1) is 17.3. The molecular formula is C23H27NO2S. The molecule has 0 spiro atoms. The molecular weight excluding hydrogens is 354 g/mol. The number of aryl methyl sites for hydroxylation is 1. The van der Waals surface area contributed by atoms with Crippen LogP contribution in [0, 0.1) is 24.7 Å². The van der Waals surface area contributed by atoms with E-state index in [1.165, 1.54) is 44.1 Å². The lowest BCUT2D eigenvalue weighted by molar-refractivity contribution is -0.00518. The summed E-state index contributed by atoms with van der Waals surface area (Å²) in [7, 11) is -3.54. The minimum Gasteiger partial charge on any atom is -0.280 e. The molecule has 0 aliphatic heterocycles. The molecule has 4 aliphatic rings. The van der Waals surface area contributed by atoms with Gasteiger partial charge in [0.05, 0.1) is 4.90 Å². The zero-order chi connectivity index (χ0) is 18.6. The molecule has 1 N–H and O–H groups in total. The molecule has 0 unspecified atom stereocenters. The quantitative estimate of drug-likeness (QED) is 0.785. The van der Waals surface area contributed by atoms with Gasteiger partial charge in [0.2, 0.25) is 0 Å². The minimum absolute atomic E-state index is 0.304. The summed E-state index contributed by atoms with van der Waals surface area (Å²) in [5, 5.41) is 0. The van der Waals surface area contributed by atoms with Gasteiger partial charge >= 0.3 is 0 Å². The van der Waals surface area contributed by atoms with E-state index < -0.39 is 10.0 Å². The Bertz CT molecular complexity index is 910. The third-order valence-corrected chi connectivity index (χ3v) is 8.52. The van der Waals surface area contributed by atoms with Crippen LogP contribution in [-0.4, -0.2) is 8.42 Å². The number of rotatable bonds is 4. The molecule has 0 radical (unpaired) electrons. The zero-order valence-corrected chi connectivity index (χ0v) is 16.6. The van der Waals surface area contributed by atoms with E-state index in [1.54, 1.807) is 12.1 Å². The van der Waals surface area contributed by atoms with E-state index >= 15 is 0 Å². The number of sulfonamides is 1. The van der Waals surface area contributed by atoms with Gasteiger partial charge in [0, 0.05) is 5.69 Å². The van der Waals surface area contributed by atoms with Crippen LogP contribution in [0.15, 0.2) is 53.4 Å². The summed E-state index contributed by atoms with van der Waals surface area (Å²) in [5.41, 5.74) is 3.46. The van der Waals surface area contributed by atoms with Crippen molar-refractivity contribution in [3.63, 3.8) is 0 Å². The van der Waals surface area contributed by atoms with E-state index in [4.69, 9.17) is 0 Å². The Morgan fingerprint density at radius 3 is 1.85 bits per heavy atom. The van der Waals surface area contributed by atoms with Gasteiger partial charge in [0.15, 0.2) is 0 Å². The van der Waals surface area contributed by atoms with Crippen LogP contribution in [0.5, 0.6) is 0 Å². The summed E-state index contributed by atoms with van der Waals surface area (Å²) in [6.07, 6.45) is 8.30. The highest BCUT2D eigenvalue weighted by atomic mass is 32.2. The van der Waals surface area contributed by atoms with Crippen LogP contribution < -0.4 is 4.72 Å². The van der Waals surface area contributed by atoms with Gasteiger partial charge in [0.1, 0.15) is 0 Å². The fourth-order valence-corrected chi connectivity index (χ4v) is 7.35. The van der Waals surface area contributed by atoms with Crippen LogP contribution in [0.4, 0.5) is 5.69 Å². The molecule has 0 aromatic heterocycles. The van der Waals surface area contributed by atoms with Gasteiger partial charge in [-0.1, -0.05) is 29.8 Å². The lowest BCUT2D eigenvalue weighted by Crippen LogP contribution is -2.48. The Balaban J connectivity index is 1.37. The summed E-state index contributed by atoms with van der Waals surface area (Å²) >= 11 is 0. The topological polar surface area (TPSA) is 46.2 Å². The van der Waals surface area contributed by atoms with Gasteiger partial charge in [0.25, 0.3) is 10.0 Å². The van der Waals surface area contributed by atoms with E-state index in [0.717, 1.165) is 23.3 Å². The Hall–Kier alpha value is -1.81. The number of anilines is 1. The van der Waals surface area contributed by atoms with Crippen LogP contribution in [0.1, 0.15) is 49.7 Å². The molecule has 3 nitrogen and oxygen atoms in total. The number of hydrogen-bond donors (Lipinski definition) is 1. The average Bonchev–Trinajstić information content (AvgIpc) is 2.61. The van der Waals surface area contributed by atoms with E-state index in [-0.39, 0.29) is 0 Å². The molecule has 0 amide bonds. The molecule has 27 heavy (non-hydrogen) atoms. The van der Waals surface area contributed by atoms with E-state index in [0.29, 0.717) is 16.0 Å². The van der Waals surface area contributed by atoms with Gasteiger partial charge in [-0.15, -0.1) is 0 Å². The zero-order valence-electron chi connectivity index (χ0n) is 15.8. The first-order chi connectivity index (χ1) is 12.9. The van der Waals surface area contributed by atoms with Crippen molar-refractivity contribution in [2.24, 2.45) is 17.8 Å². The Kier molecular flexibility index (Phi) is 3.91. The average molecular weight is 382 g/mol. The molecule has 4 heteroatoms. The molecule has 4 saturated carbocycles. The molecule has 142 valence electrons. The van der Waals surface area contributed by atoms with Crippen molar-refractivity contribution in [2.45, 2.75) is 55.8 Å². The molecule has 4 aliphatic carbocycles. The maximum absolute atomic E-state index is 12.6. The molecule has 6 rings (SSSR count). The van der Waals surface area contributed by atoms with E-state index in [1.807, 2.05) is 31.2 Å². The highest BCUT2D eigenvalue weighted by Crippen LogP contribution is 2.60. The van der Waals surface area contributed by atoms with Crippen LogP contribution in [-0.2, 0) is 15.4 Å². The first-order valence-corrected chi connectivity index (χ1v) is 11.6. The van der Waals surface area contributed by atoms with Gasteiger partial charge in [-0.2, -0.15) is 0 Å². The molecule has 4 bridgehead atoms. The van der Waals surface area contributed by atoms with E-state index in [9.17, 15) is 8.42 Å². The van der Waals surface area contributed by atoms with Gasteiger partial charge in [-0.3, -0.25) is 4.72 Å². The van der Waals surface area contributed by atoms with Crippen molar-refractivity contribution < 1.29 is 8.42 Å². The summed E-state index contributed by atoms with van der Waals surface area (Å²) < 4.78 is 27.9. The van der Waals surface area contributed by atoms with Gasteiger partial charge < -0.3 is 0 Å². The Labute approximate surface area is 162 Å². The Morgan fingerprint density at radius 2 is 1.33 bits per heavy atom. The molecule has 2 aromatic carbocycles. The number of nitrogens with one attached hydrogen (secondary N) is 1. The third-order valence-electron chi connectivity index (χ3n) is 7.12. The largest absolute Gasteiger partial charge is 0.280 e. The minimum atomic E-state index is -3.54. The number of hydrogen-bond acceptors (Lipinski definition) is 2. The van der Waals surface area contributed by atoms with Gasteiger partial charge in [-0.05, 0) is 98.4 Å². The molecule has 4 fully saturated rings. The number of benzene rings is 2. The van der Waals surface area contributed by atoms with E-state index in [2.05, 4.69) is 16.9 Å². The Morgan fingerprint density at radius 1 is 0.815 bits per heavy atom. The predicted octanol–water partition coefficient (Wildman–Crippen LogP) is 5.26. The van der Waals surface area contributed by atoms with Crippen LogP contribution in [0.25, 0.3) is 0 Å². The monoisotopic (exact) mass is 381 g/mol. The second-order valence-electron chi connectivity index (χ2n) is 9.19.